The molecule has 0 aromatic heterocycles. The summed E-state index contributed by atoms with van der Waals surface area (Å²) < 4.78 is 5.38. The highest BCUT2D eigenvalue weighted by molar-refractivity contribution is 7.80. The molecule has 3 aliphatic rings. The third kappa shape index (κ3) is 5.95. The summed E-state index contributed by atoms with van der Waals surface area (Å²) in [4.78, 5) is 14.8. The van der Waals surface area contributed by atoms with Crippen molar-refractivity contribution < 1.29 is 9.53 Å². The molecule has 2 aliphatic heterocycles. The second-order valence-electron chi connectivity index (χ2n) is 8.20. The van der Waals surface area contributed by atoms with Gasteiger partial charge in [0, 0.05) is 43.9 Å². The maximum Gasteiger partial charge on any atom is 0.315 e. The third-order valence-corrected chi connectivity index (χ3v) is 6.54. The predicted molar refractivity (Wildman–Crippen MR) is 112 cm³/mol. The molecule has 0 aromatic carbocycles. The molecule has 2 heterocycles. The number of rotatable bonds is 7. The Morgan fingerprint density at radius 2 is 1.70 bits per heavy atom. The third-order valence-electron chi connectivity index (χ3n) is 6.19. The molecule has 3 rings (SSSR count). The van der Waals surface area contributed by atoms with Crippen LogP contribution < -0.4 is 16.0 Å². The van der Waals surface area contributed by atoms with Gasteiger partial charge in [-0.3, -0.25) is 0 Å². The number of thiocarbonyl (C=S) groups is 1. The van der Waals surface area contributed by atoms with Crippen molar-refractivity contribution in [1.82, 2.24) is 20.9 Å². The van der Waals surface area contributed by atoms with Crippen LogP contribution in [-0.2, 0) is 4.74 Å². The number of hydrogen-bond donors (Lipinski definition) is 3. The van der Waals surface area contributed by atoms with Crippen molar-refractivity contribution in [3.05, 3.63) is 0 Å². The van der Waals surface area contributed by atoms with Crippen molar-refractivity contribution in [3.63, 3.8) is 0 Å². The molecule has 0 aromatic rings. The zero-order chi connectivity index (χ0) is 19.1. The van der Waals surface area contributed by atoms with Gasteiger partial charge in [-0.25, -0.2) is 4.79 Å². The van der Waals surface area contributed by atoms with Crippen molar-refractivity contribution in [1.29, 1.82) is 0 Å². The lowest BCUT2D eigenvalue weighted by atomic mass is 9.95. The van der Waals surface area contributed by atoms with Gasteiger partial charge in [0.1, 0.15) is 0 Å². The van der Waals surface area contributed by atoms with Gasteiger partial charge in [-0.2, -0.15) is 0 Å². The zero-order valence-electron chi connectivity index (χ0n) is 16.7. The van der Waals surface area contributed by atoms with Crippen LogP contribution in [-0.4, -0.2) is 60.0 Å². The first-order chi connectivity index (χ1) is 13.2. The number of hydrogen-bond acceptors (Lipinski definition) is 3. The number of carbonyl (C=O) groups is 1. The molecule has 7 heteroatoms. The van der Waals surface area contributed by atoms with Crippen LogP contribution in [0.2, 0.25) is 0 Å². The molecular weight excluding hydrogens is 360 g/mol. The van der Waals surface area contributed by atoms with E-state index in [0.717, 1.165) is 57.0 Å². The molecule has 2 amide bonds. The Kier molecular flexibility index (Phi) is 8.00. The lowest BCUT2D eigenvalue weighted by Crippen LogP contribution is -2.56. The molecule has 2 saturated heterocycles. The molecule has 6 nitrogen and oxygen atoms in total. The van der Waals surface area contributed by atoms with Gasteiger partial charge in [0.15, 0.2) is 5.11 Å². The predicted octanol–water partition coefficient (Wildman–Crippen LogP) is 2.91. The first-order valence-electron chi connectivity index (χ1n) is 10.9. The Bertz CT molecular complexity index is 484. The highest BCUT2D eigenvalue weighted by Crippen LogP contribution is 2.35. The summed E-state index contributed by atoms with van der Waals surface area (Å²) in [6.07, 6.45) is 11.3. The van der Waals surface area contributed by atoms with Crippen molar-refractivity contribution in [2.24, 2.45) is 0 Å². The molecule has 2 bridgehead atoms. The van der Waals surface area contributed by atoms with Crippen LogP contribution in [0, 0.1) is 0 Å². The van der Waals surface area contributed by atoms with Crippen LogP contribution in [0.4, 0.5) is 4.79 Å². The molecule has 154 valence electrons. The monoisotopic (exact) mass is 396 g/mol. The maximum absolute atomic E-state index is 12.4. The van der Waals surface area contributed by atoms with Gasteiger partial charge in [0.25, 0.3) is 0 Å². The molecule has 27 heavy (non-hydrogen) atoms. The number of nitrogens with one attached hydrogen (secondary N) is 3. The minimum Gasteiger partial charge on any atom is -0.382 e. The number of piperidine rings is 1. The summed E-state index contributed by atoms with van der Waals surface area (Å²) in [6, 6.07) is 1.56. The van der Waals surface area contributed by atoms with Gasteiger partial charge in [-0.15, -0.1) is 0 Å². The summed E-state index contributed by atoms with van der Waals surface area (Å²) in [5.74, 6) is 0. The van der Waals surface area contributed by atoms with Crippen molar-refractivity contribution >= 4 is 23.4 Å². The number of nitrogens with zero attached hydrogens (tertiary/aromatic N) is 1. The van der Waals surface area contributed by atoms with E-state index in [4.69, 9.17) is 17.0 Å². The van der Waals surface area contributed by atoms with Gasteiger partial charge in [0.2, 0.25) is 0 Å². The van der Waals surface area contributed by atoms with Gasteiger partial charge in [-0.1, -0.05) is 19.3 Å². The van der Waals surface area contributed by atoms with E-state index < -0.39 is 0 Å². The lowest BCUT2D eigenvalue weighted by molar-refractivity contribution is 0.145. The molecule has 0 unspecified atom stereocenters. The van der Waals surface area contributed by atoms with Crippen LogP contribution in [0.15, 0.2) is 0 Å². The Morgan fingerprint density at radius 1 is 1.04 bits per heavy atom. The zero-order valence-corrected chi connectivity index (χ0v) is 17.5. The Morgan fingerprint density at radius 3 is 2.37 bits per heavy atom. The van der Waals surface area contributed by atoms with Crippen LogP contribution in [0.3, 0.4) is 0 Å². The van der Waals surface area contributed by atoms with Crippen LogP contribution in [0.1, 0.15) is 71.1 Å². The molecule has 3 fully saturated rings. The van der Waals surface area contributed by atoms with Crippen LogP contribution >= 0.6 is 12.2 Å². The van der Waals surface area contributed by atoms with Crippen molar-refractivity contribution in [2.45, 2.75) is 95.3 Å². The average Bonchev–Trinajstić information content (AvgIpc) is 2.93. The molecule has 0 radical (unpaired) electrons. The molecule has 0 spiro atoms. The van der Waals surface area contributed by atoms with E-state index in [0.29, 0.717) is 18.1 Å². The Balaban J connectivity index is 1.40. The fourth-order valence-corrected chi connectivity index (χ4v) is 5.29. The van der Waals surface area contributed by atoms with E-state index in [1.165, 1.54) is 32.1 Å². The second kappa shape index (κ2) is 10.5. The first kappa shape index (κ1) is 20.6. The van der Waals surface area contributed by atoms with E-state index in [-0.39, 0.29) is 12.1 Å². The molecule has 1 aliphatic carbocycles. The Labute approximate surface area is 169 Å². The minimum atomic E-state index is 0.0244. The van der Waals surface area contributed by atoms with Gasteiger partial charge in [-0.05, 0) is 64.1 Å². The van der Waals surface area contributed by atoms with E-state index in [1.54, 1.807) is 0 Å². The number of carbonyl (C=O) groups excluding carboxylic acids is 1. The molecule has 2 atom stereocenters. The minimum absolute atomic E-state index is 0.0244. The number of amides is 2. The van der Waals surface area contributed by atoms with Gasteiger partial charge < -0.3 is 25.6 Å². The smallest absolute Gasteiger partial charge is 0.315 e. The van der Waals surface area contributed by atoms with Crippen LogP contribution in [0.5, 0.6) is 0 Å². The van der Waals surface area contributed by atoms with Crippen molar-refractivity contribution in [2.75, 3.05) is 19.8 Å². The highest BCUT2D eigenvalue weighted by atomic mass is 32.1. The molecule has 1 saturated carbocycles. The van der Waals surface area contributed by atoms with Gasteiger partial charge >= 0.3 is 6.03 Å². The number of fused-ring (bicyclic) bond motifs is 2. The van der Waals surface area contributed by atoms with E-state index in [1.807, 2.05) is 6.92 Å². The summed E-state index contributed by atoms with van der Waals surface area (Å²) in [5, 5.41) is 10.7. The van der Waals surface area contributed by atoms with E-state index in [2.05, 4.69) is 20.9 Å². The SMILES string of the molecule is CCOCCCNC(=S)N1[C@@H]2CC[C@@H]1CC(NC(=O)NC1CCCCC1)C2. The quantitative estimate of drug-likeness (QED) is 0.456. The summed E-state index contributed by atoms with van der Waals surface area (Å²) in [5.41, 5.74) is 0. The highest BCUT2D eigenvalue weighted by Gasteiger charge is 2.42. The average molecular weight is 397 g/mol. The van der Waals surface area contributed by atoms with Gasteiger partial charge in [0.05, 0.1) is 0 Å². The number of ether oxygens (including phenoxy) is 1. The second-order valence-corrected chi connectivity index (χ2v) is 8.58. The Hall–Kier alpha value is -1.08. The largest absolute Gasteiger partial charge is 0.382 e. The number of urea groups is 1. The summed E-state index contributed by atoms with van der Waals surface area (Å²) >= 11 is 5.66. The van der Waals surface area contributed by atoms with E-state index >= 15 is 0 Å². The lowest BCUT2D eigenvalue weighted by Gasteiger charge is -2.41. The van der Waals surface area contributed by atoms with Crippen molar-refractivity contribution in [3.8, 4) is 0 Å². The normalized spacial score (nSPS) is 28.0. The standard InChI is InChI=1S/C20H36N4O2S/c1-2-26-12-6-11-21-20(27)24-17-9-10-18(24)14-16(13-17)23-19(25)22-15-7-4-3-5-8-15/h15-18H,2-14H2,1H3,(H,21,27)(H2,22,23,25)/t17-,18-/m1/s1. The first-order valence-corrected chi connectivity index (χ1v) is 11.3. The summed E-state index contributed by atoms with van der Waals surface area (Å²) in [6.45, 7) is 4.42. The maximum atomic E-state index is 12.4. The fourth-order valence-electron chi connectivity index (χ4n) is 4.89. The topological polar surface area (TPSA) is 65.6 Å². The molecule has 3 N–H and O–H groups in total. The summed E-state index contributed by atoms with van der Waals surface area (Å²) in [7, 11) is 0. The van der Waals surface area contributed by atoms with E-state index in [9.17, 15) is 4.79 Å². The molecular formula is C20H36N4O2S. The fraction of sp³-hybridized carbons (Fsp3) is 0.900. The van der Waals surface area contributed by atoms with Crippen LogP contribution in [0.25, 0.3) is 0 Å².